The maximum atomic E-state index is 11.4. The number of oxime groups is 1. The SMILES string of the molecule is CCCC(C)C(=O)O/N=C(/C)C(C)(C)C. The van der Waals surface area contributed by atoms with Crippen molar-refractivity contribution in [2.45, 2.75) is 54.4 Å². The van der Waals surface area contributed by atoms with Gasteiger partial charge in [0.15, 0.2) is 0 Å². The molecular formula is C12H23NO2. The van der Waals surface area contributed by atoms with Crippen molar-refractivity contribution in [1.82, 2.24) is 0 Å². The van der Waals surface area contributed by atoms with E-state index in [-0.39, 0.29) is 17.3 Å². The molecule has 0 radical (unpaired) electrons. The van der Waals surface area contributed by atoms with Gasteiger partial charge in [0.05, 0.1) is 11.6 Å². The number of nitrogens with zero attached hydrogens (tertiary/aromatic N) is 1. The summed E-state index contributed by atoms with van der Waals surface area (Å²) in [7, 11) is 0. The fraction of sp³-hybridized carbons (Fsp3) is 0.833. The first-order valence-corrected chi connectivity index (χ1v) is 5.55. The van der Waals surface area contributed by atoms with Crippen molar-refractivity contribution in [3.63, 3.8) is 0 Å². The Labute approximate surface area is 92.9 Å². The van der Waals surface area contributed by atoms with E-state index in [1.807, 2.05) is 41.5 Å². The summed E-state index contributed by atoms with van der Waals surface area (Å²) in [5.74, 6) is -0.299. The molecule has 0 saturated heterocycles. The van der Waals surface area contributed by atoms with Gasteiger partial charge >= 0.3 is 5.97 Å². The maximum absolute atomic E-state index is 11.4. The first-order chi connectivity index (χ1) is 6.79. The quantitative estimate of drug-likeness (QED) is 0.408. The zero-order chi connectivity index (χ0) is 12.1. The fourth-order valence-electron chi connectivity index (χ4n) is 0.891. The summed E-state index contributed by atoms with van der Waals surface area (Å²) in [5, 5.41) is 3.87. The highest BCUT2D eigenvalue weighted by molar-refractivity contribution is 5.87. The van der Waals surface area contributed by atoms with Crippen LogP contribution in [0.1, 0.15) is 54.4 Å². The molecule has 3 nitrogen and oxygen atoms in total. The van der Waals surface area contributed by atoms with Crippen molar-refractivity contribution in [1.29, 1.82) is 0 Å². The van der Waals surface area contributed by atoms with Crippen LogP contribution in [0.3, 0.4) is 0 Å². The van der Waals surface area contributed by atoms with Crippen molar-refractivity contribution >= 4 is 11.7 Å². The molecule has 0 N–H and O–H groups in total. The molecule has 0 heterocycles. The zero-order valence-electron chi connectivity index (χ0n) is 10.8. The lowest BCUT2D eigenvalue weighted by molar-refractivity contribution is -0.148. The average molecular weight is 213 g/mol. The lowest BCUT2D eigenvalue weighted by Crippen LogP contribution is -2.19. The van der Waals surface area contributed by atoms with Gasteiger partial charge in [-0.15, -0.1) is 0 Å². The minimum Gasteiger partial charge on any atom is -0.318 e. The maximum Gasteiger partial charge on any atom is 0.337 e. The molecule has 0 rings (SSSR count). The molecule has 0 saturated carbocycles. The third kappa shape index (κ3) is 5.55. The molecule has 0 amide bonds. The second-order valence-electron chi connectivity index (χ2n) is 5.03. The molecule has 0 aliphatic rings. The monoisotopic (exact) mass is 213 g/mol. The smallest absolute Gasteiger partial charge is 0.318 e. The number of carbonyl (C=O) groups excluding carboxylic acids is 1. The van der Waals surface area contributed by atoms with Crippen molar-refractivity contribution in [2.75, 3.05) is 0 Å². The normalized spacial score (nSPS) is 14.9. The predicted molar refractivity (Wildman–Crippen MR) is 62.7 cm³/mol. The van der Waals surface area contributed by atoms with Crippen LogP contribution in [0.15, 0.2) is 5.16 Å². The van der Waals surface area contributed by atoms with Gasteiger partial charge in [-0.2, -0.15) is 0 Å². The van der Waals surface area contributed by atoms with Crippen molar-refractivity contribution in [3.05, 3.63) is 0 Å². The molecule has 1 atom stereocenters. The summed E-state index contributed by atoms with van der Waals surface area (Å²) in [6, 6.07) is 0. The van der Waals surface area contributed by atoms with Crippen LogP contribution in [0.25, 0.3) is 0 Å². The molecule has 0 fully saturated rings. The molecule has 0 aliphatic carbocycles. The van der Waals surface area contributed by atoms with Crippen LogP contribution >= 0.6 is 0 Å². The molecule has 0 aromatic rings. The van der Waals surface area contributed by atoms with Gasteiger partial charge < -0.3 is 4.84 Å². The van der Waals surface area contributed by atoms with Crippen LogP contribution in [0.5, 0.6) is 0 Å². The minimum atomic E-state index is -0.236. The van der Waals surface area contributed by atoms with Crippen molar-refractivity contribution in [3.8, 4) is 0 Å². The van der Waals surface area contributed by atoms with Gasteiger partial charge in [-0.1, -0.05) is 46.2 Å². The molecule has 0 bridgehead atoms. The molecule has 0 aromatic heterocycles. The summed E-state index contributed by atoms with van der Waals surface area (Å²) in [4.78, 5) is 16.3. The Morgan fingerprint density at radius 3 is 2.33 bits per heavy atom. The number of carbonyl (C=O) groups is 1. The average Bonchev–Trinajstić information content (AvgIpc) is 2.12. The van der Waals surface area contributed by atoms with E-state index in [9.17, 15) is 4.79 Å². The topological polar surface area (TPSA) is 38.7 Å². The molecule has 0 aliphatic heterocycles. The van der Waals surface area contributed by atoms with Crippen molar-refractivity contribution in [2.24, 2.45) is 16.5 Å². The highest BCUT2D eigenvalue weighted by Crippen LogP contribution is 2.16. The Morgan fingerprint density at radius 2 is 1.93 bits per heavy atom. The Kier molecular flexibility index (Phi) is 5.55. The Morgan fingerprint density at radius 1 is 1.40 bits per heavy atom. The van der Waals surface area contributed by atoms with E-state index < -0.39 is 0 Å². The van der Waals surface area contributed by atoms with Gasteiger partial charge in [0.1, 0.15) is 0 Å². The highest BCUT2D eigenvalue weighted by Gasteiger charge is 2.17. The third-order valence-corrected chi connectivity index (χ3v) is 2.48. The highest BCUT2D eigenvalue weighted by atomic mass is 16.7. The second kappa shape index (κ2) is 5.89. The Hall–Kier alpha value is -0.860. The molecule has 1 unspecified atom stereocenters. The summed E-state index contributed by atoms with van der Waals surface area (Å²) in [6.45, 7) is 11.9. The molecule has 15 heavy (non-hydrogen) atoms. The molecule has 88 valence electrons. The largest absolute Gasteiger partial charge is 0.337 e. The number of hydrogen-bond acceptors (Lipinski definition) is 3. The Bertz CT molecular complexity index is 238. The van der Waals surface area contributed by atoms with E-state index in [1.165, 1.54) is 0 Å². The van der Waals surface area contributed by atoms with Gasteiger partial charge in [0.25, 0.3) is 0 Å². The lowest BCUT2D eigenvalue weighted by Gasteiger charge is -2.17. The first kappa shape index (κ1) is 14.1. The first-order valence-electron chi connectivity index (χ1n) is 5.55. The molecule has 0 spiro atoms. The van der Waals surface area contributed by atoms with E-state index in [2.05, 4.69) is 5.16 Å². The van der Waals surface area contributed by atoms with Crippen LogP contribution in [0.2, 0.25) is 0 Å². The summed E-state index contributed by atoms with van der Waals surface area (Å²) < 4.78 is 0. The van der Waals surface area contributed by atoms with E-state index >= 15 is 0 Å². The fourth-order valence-corrected chi connectivity index (χ4v) is 0.891. The second-order valence-corrected chi connectivity index (χ2v) is 5.03. The van der Waals surface area contributed by atoms with Gasteiger partial charge in [0, 0.05) is 5.41 Å². The Balaban J connectivity index is 4.21. The molecule has 3 heteroatoms. The predicted octanol–water partition coefficient (Wildman–Crippen LogP) is 3.39. The van der Waals surface area contributed by atoms with Gasteiger partial charge in [-0.3, -0.25) is 0 Å². The van der Waals surface area contributed by atoms with Crippen LogP contribution < -0.4 is 0 Å². The lowest BCUT2D eigenvalue weighted by atomic mass is 9.91. The van der Waals surface area contributed by atoms with Gasteiger partial charge in [-0.05, 0) is 13.3 Å². The number of hydrogen-bond donors (Lipinski definition) is 0. The van der Waals surface area contributed by atoms with E-state index in [0.29, 0.717) is 0 Å². The summed E-state index contributed by atoms with van der Waals surface area (Å²) in [5.41, 5.74) is 0.786. The standard InChI is InChI=1S/C12H23NO2/c1-7-8-9(2)11(14)15-13-10(3)12(4,5)6/h9H,7-8H2,1-6H3/b13-10-. The van der Waals surface area contributed by atoms with Gasteiger partial charge in [0.2, 0.25) is 0 Å². The number of rotatable bonds is 4. The molecular weight excluding hydrogens is 190 g/mol. The molecule has 0 aromatic carbocycles. The van der Waals surface area contributed by atoms with Crippen LogP contribution in [0.4, 0.5) is 0 Å². The van der Waals surface area contributed by atoms with E-state index in [1.54, 1.807) is 0 Å². The van der Waals surface area contributed by atoms with E-state index in [0.717, 1.165) is 18.6 Å². The third-order valence-electron chi connectivity index (χ3n) is 2.48. The van der Waals surface area contributed by atoms with Crippen LogP contribution in [-0.4, -0.2) is 11.7 Å². The van der Waals surface area contributed by atoms with Crippen LogP contribution in [-0.2, 0) is 9.63 Å². The van der Waals surface area contributed by atoms with Crippen molar-refractivity contribution < 1.29 is 9.63 Å². The minimum absolute atomic E-state index is 0.0473. The van der Waals surface area contributed by atoms with Crippen LogP contribution in [0, 0.1) is 11.3 Å². The zero-order valence-corrected chi connectivity index (χ0v) is 10.8. The van der Waals surface area contributed by atoms with E-state index in [4.69, 9.17) is 4.84 Å². The van der Waals surface area contributed by atoms with Gasteiger partial charge in [-0.25, -0.2) is 4.79 Å². The summed E-state index contributed by atoms with van der Waals surface area (Å²) >= 11 is 0. The summed E-state index contributed by atoms with van der Waals surface area (Å²) in [6.07, 6.45) is 1.83.